The minimum absolute atomic E-state index is 0.197. The third-order valence-corrected chi connectivity index (χ3v) is 5.89. The van der Waals surface area contributed by atoms with E-state index in [2.05, 4.69) is 5.32 Å². The van der Waals surface area contributed by atoms with Crippen molar-refractivity contribution in [3.63, 3.8) is 0 Å². The highest BCUT2D eigenvalue weighted by molar-refractivity contribution is 7.89. The number of anilines is 1. The summed E-state index contributed by atoms with van der Waals surface area (Å²) in [4.78, 5) is 23.4. The van der Waals surface area contributed by atoms with E-state index in [1.165, 1.54) is 40.7 Å². The molecule has 1 aromatic carbocycles. The maximum absolute atomic E-state index is 12.6. The molecule has 0 aromatic heterocycles. The van der Waals surface area contributed by atoms with Crippen LogP contribution in [0.4, 0.5) is 5.69 Å². The molecule has 146 valence electrons. The third kappa shape index (κ3) is 6.33. The lowest BCUT2D eigenvalue weighted by Gasteiger charge is -2.25. The first kappa shape index (κ1) is 20.9. The molecule has 27 heavy (non-hydrogen) atoms. The van der Waals surface area contributed by atoms with Gasteiger partial charge in [-0.15, -0.1) is 0 Å². The van der Waals surface area contributed by atoms with E-state index in [-0.39, 0.29) is 4.90 Å². The summed E-state index contributed by atoms with van der Waals surface area (Å²) < 4.78 is 31.4. The van der Waals surface area contributed by atoms with E-state index in [9.17, 15) is 18.0 Å². The molecule has 0 unspecified atom stereocenters. The second-order valence-corrected chi connectivity index (χ2v) is 7.97. The van der Waals surface area contributed by atoms with Crippen molar-refractivity contribution in [2.45, 2.75) is 31.1 Å². The van der Waals surface area contributed by atoms with Crippen LogP contribution in [0.1, 0.15) is 26.2 Å². The number of hydrogen-bond donors (Lipinski definition) is 1. The van der Waals surface area contributed by atoms with Gasteiger partial charge >= 0.3 is 5.97 Å². The van der Waals surface area contributed by atoms with Gasteiger partial charge in [-0.2, -0.15) is 4.31 Å². The number of amides is 1. The van der Waals surface area contributed by atoms with Gasteiger partial charge < -0.3 is 10.1 Å². The second-order valence-electron chi connectivity index (χ2n) is 6.03. The minimum Gasteiger partial charge on any atom is -0.452 e. The van der Waals surface area contributed by atoms with Crippen LogP contribution >= 0.6 is 0 Å². The summed E-state index contributed by atoms with van der Waals surface area (Å²) >= 11 is 0. The first-order valence-corrected chi connectivity index (χ1v) is 10.2. The van der Waals surface area contributed by atoms with Gasteiger partial charge in [0.15, 0.2) is 6.61 Å². The smallest absolute Gasteiger partial charge is 0.331 e. The number of ether oxygens (including phenoxy) is 1. The highest BCUT2D eigenvalue weighted by atomic mass is 32.2. The summed E-state index contributed by atoms with van der Waals surface area (Å²) in [5.41, 5.74) is 0.429. The van der Waals surface area contributed by atoms with Gasteiger partial charge in [-0.25, -0.2) is 13.2 Å². The van der Waals surface area contributed by atoms with Gasteiger partial charge in [-0.1, -0.05) is 24.6 Å². The molecular formula is C19H24N2O5S. The third-order valence-electron chi connectivity index (χ3n) is 3.97. The van der Waals surface area contributed by atoms with Crippen LogP contribution in [-0.4, -0.2) is 44.3 Å². The van der Waals surface area contributed by atoms with E-state index in [0.29, 0.717) is 18.8 Å². The zero-order valence-corrected chi connectivity index (χ0v) is 16.1. The van der Waals surface area contributed by atoms with Crippen molar-refractivity contribution in [3.8, 4) is 0 Å². The molecule has 0 aliphatic carbocycles. The predicted molar refractivity (Wildman–Crippen MR) is 103 cm³/mol. The van der Waals surface area contributed by atoms with Gasteiger partial charge in [0.05, 0.1) is 4.90 Å². The summed E-state index contributed by atoms with van der Waals surface area (Å²) in [5.74, 6) is -1.12. The van der Waals surface area contributed by atoms with E-state index >= 15 is 0 Å². The van der Waals surface area contributed by atoms with Gasteiger partial charge in [0.1, 0.15) is 0 Å². The molecule has 0 saturated carbocycles. The number of allylic oxidation sites excluding steroid dienone is 3. The lowest BCUT2D eigenvalue weighted by Crippen LogP contribution is -2.35. The number of rotatable bonds is 7. The molecule has 1 heterocycles. The quantitative estimate of drug-likeness (QED) is 0.437. The largest absolute Gasteiger partial charge is 0.452 e. The average molecular weight is 392 g/mol. The Balaban J connectivity index is 1.89. The Hall–Kier alpha value is -2.45. The number of sulfonamides is 1. The molecule has 2 rings (SSSR count). The van der Waals surface area contributed by atoms with Crippen molar-refractivity contribution in [3.05, 3.63) is 48.6 Å². The van der Waals surface area contributed by atoms with Crippen LogP contribution in [0, 0.1) is 0 Å². The van der Waals surface area contributed by atoms with Crippen LogP contribution in [0.2, 0.25) is 0 Å². The average Bonchev–Trinajstić information content (AvgIpc) is 2.68. The Morgan fingerprint density at radius 2 is 1.78 bits per heavy atom. The number of benzene rings is 1. The summed E-state index contributed by atoms with van der Waals surface area (Å²) in [6.07, 6.45) is 8.94. The lowest BCUT2D eigenvalue weighted by molar-refractivity contribution is -0.142. The van der Waals surface area contributed by atoms with Gasteiger partial charge in [-0.3, -0.25) is 4.79 Å². The summed E-state index contributed by atoms with van der Waals surface area (Å²) in [6.45, 7) is 2.46. The van der Waals surface area contributed by atoms with Gasteiger partial charge in [0.25, 0.3) is 5.91 Å². The van der Waals surface area contributed by atoms with E-state index < -0.39 is 28.5 Å². The Bertz CT molecular complexity index is 807. The highest BCUT2D eigenvalue weighted by Gasteiger charge is 2.25. The van der Waals surface area contributed by atoms with E-state index in [1.807, 2.05) is 6.92 Å². The molecule has 8 heteroatoms. The van der Waals surface area contributed by atoms with Crippen molar-refractivity contribution < 1.29 is 22.7 Å². The van der Waals surface area contributed by atoms with Crippen LogP contribution in [0.15, 0.2) is 53.5 Å². The van der Waals surface area contributed by atoms with Crippen molar-refractivity contribution >= 4 is 27.6 Å². The molecule has 1 amide bonds. The van der Waals surface area contributed by atoms with Gasteiger partial charge in [0, 0.05) is 24.9 Å². The number of hydrogen-bond acceptors (Lipinski definition) is 5. The van der Waals surface area contributed by atoms with Crippen LogP contribution in [0.5, 0.6) is 0 Å². The summed E-state index contributed by atoms with van der Waals surface area (Å²) in [6, 6.07) is 5.96. The molecule has 0 bridgehead atoms. The molecular weight excluding hydrogens is 368 g/mol. The van der Waals surface area contributed by atoms with Gasteiger partial charge in [-0.05, 0) is 44.0 Å². The molecule has 1 aromatic rings. The summed E-state index contributed by atoms with van der Waals surface area (Å²) in [5, 5.41) is 2.56. The normalized spacial score (nSPS) is 15.9. The highest BCUT2D eigenvalue weighted by Crippen LogP contribution is 2.21. The number of carbonyl (C=O) groups is 2. The zero-order chi connectivity index (χ0) is 19.7. The molecule has 1 saturated heterocycles. The first-order valence-electron chi connectivity index (χ1n) is 8.79. The molecule has 1 aliphatic rings. The van der Waals surface area contributed by atoms with Crippen molar-refractivity contribution in [2.24, 2.45) is 0 Å². The lowest BCUT2D eigenvalue weighted by atomic mass is 10.2. The molecule has 0 spiro atoms. The molecule has 7 nitrogen and oxygen atoms in total. The molecule has 1 aliphatic heterocycles. The number of nitrogens with one attached hydrogen (secondary N) is 1. The molecule has 0 atom stereocenters. The van der Waals surface area contributed by atoms with Crippen LogP contribution in [0.25, 0.3) is 0 Å². The van der Waals surface area contributed by atoms with Crippen molar-refractivity contribution in [1.29, 1.82) is 0 Å². The Morgan fingerprint density at radius 1 is 1.11 bits per heavy atom. The number of esters is 1. The SMILES string of the molecule is C/C=C/C=C/C(=O)OCC(=O)Nc1ccc(S(=O)(=O)N2CCCCC2)cc1. The Kier molecular flexibility index (Phi) is 7.75. The summed E-state index contributed by atoms with van der Waals surface area (Å²) in [7, 11) is -3.50. The monoisotopic (exact) mass is 392 g/mol. The first-order chi connectivity index (χ1) is 12.9. The predicted octanol–water partition coefficient (Wildman–Crippen LogP) is 2.48. The molecule has 1 N–H and O–H groups in total. The number of carbonyl (C=O) groups excluding carboxylic acids is 2. The zero-order valence-electron chi connectivity index (χ0n) is 15.3. The fourth-order valence-corrected chi connectivity index (χ4v) is 4.11. The molecule has 1 fully saturated rings. The van der Waals surface area contributed by atoms with Crippen LogP contribution in [0.3, 0.4) is 0 Å². The Labute approximate surface area is 159 Å². The minimum atomic E-state index is -3.50. The Morgan fingerprint density at radius 3 is 2.41 bits per heavy atom. The van der Waals surface area contributed by atoms with Crippen molar-refractivity contribution in [2.75, 3.05) is 25.0 Å². The maximum atomic E-state index is 12.6. The van der Waals surface area contributed by atoms with E-state index in [1.54, 1.807) is 12.2 Å². The standard InChI is InChI=1S/C19H24N2O5S/c1-2-3-5-8-19(23)26-15-18(22)20-16-9-11-17(12-10-16)27(24,25)21-13-6-4-7-14-21/h2-3,5,8-12H,4,6-7,13-15H2,1H3,(H,20,22)/b3-2+,8-5+. The van der Waals surface area contributed by atoms with E-state index in [4.69, 9.17) is 4.74 Å². The van der Waals surface area contributed by atoms with E-state index in [0.717, 1.165) is 19.3 Å². The number of nitrogens with zero attached hydrogens (tertiary/aromatic N) is 1. The van der Waals surface area contributed by atoms with Gasteiger partial charge in [0.2, 0.25) is 10.0 Å². The maximum Gasteiger partial charge on any atom is 0.331 e. The second kappa shape index (κ2) is 10.0. The van der Waals surface area contributed by atoms with Crippen molar-refractivity contribution in [1.82, 2.24) is 4.31 Å². The fraction of sp³-hybridized carbons (Fsp3) is 0.368. The number of piperidine rings is 1. The fourth-order valence-electron chi connectivity index (χ4n) is 2.59. The molecule has 0 radical (unpaired) electrons. The van der Waals surface area contributed by atoms with Crippen LogP contribution in [-0.2, 0) is 24.3 Å². The van der Waals surface area contributed by atoms with Crippen LogP contribution < -0.4 is 5.32 Å². The topological polar surface area (TPSA) is 92.8 Å².